The third-order valence-electron chi connectivity index (χ3n) is 4.54. The van der Waals surface area contributed by atoms with E-state index in [-0.39, 0.29) is 5.91 Å². The van der Waals surface area contributed by atoms with Gasteiger partial charge >= 0.3 is 5.76 Å². The van der Waals surface area contributed by atoms with E-state index >= 15 is 0 Å². The van der Waals surface area contributed by atoms with Crippen molar-refractivity contribution in [3.05, 3.63) is 99.9 Å². The van der Waals surface area contributed by atoms with Gasteiger partial charge in [0.25, 0.3) is 5.91 Å². The lowest BCUT2D eigenvalue weighted by Gasteiger charge is -2.15. The second-order valence-corrected chi connectivity index (χ2v) is 7.60. The number of aromatic amines is 1. The highest BCUT2D eigenvalue weighted by molar-refractivity contribution is 8.19. The number of rotatable bonds is 3. The molecule has 0 saturated carbocycles. The molecule has 0 bridgehead atoms. The van der Waals surface area contributed by atoms with Crippen LogP contribution in [0.1, 0.15) is 5.56 Å². The topological polar surface area (TPSA) is 78.7 Å². The lowest BCUT2D eigenvalue weighted by atomic mass is 10.2. The molecule has 0 aliphatic carbocycles. The molecule has 2 heterocycles. The predicted molar refractivity (Wildman–Crippen MR) is 120 cm³/mol. The smallest absolute Gasteiger partial charge is 0.408 e. The summed E-state index contributed by atoms with van der Waals surface area (Å²) < 4.78 is 5.12. The monoisotopic (exact) mass is 413 g/mol. The second-order valence-electron chi connectivity index (χ2n) is 6.59. The van der Waals surface area contributed by atoms with Crippen LogP contribution in [0.5, 0.6) is 0 Å². The van der Waals surface area contributed by atoms with Gasteiger partial charge in [0.15, 0.2) is 10.8 Å². The first-order valence-electron chi connectivity index (χ1n) is 9.23. The molecule has 1 N–H and O–H groups in total. The van der Waals surface area contributed by atoms with Crippen LogP contribution in [0, 0.1) is 0 Å². The third-order valence-corrected chi connectivity index (χ3v) is 5.51. The first-order valence-corrected chi connectivity index (χ1v) is 10.0. The molecule has 1 aliphatic rings. The summed E-state index contributed by atoms with van der Waals surface area (Å²) in [4.78, 5) is 34.1. The highest BCUT2D eigenvalue weighted by Gasteiger charge is 2.34. The first kappa shape index (κ1) is 18.2. The highest BCUT2D eigenvalue weighted by atomic mass is 32.2. The van der Waals surface area contributed by atoms with Crippen LogP contribution in [0.4, 0.5) is 11.4 Å². The van der Waals surface area contributed by atoms with E-state index in [1.165, 1.54) is 11.8 Å². The normalized spacial score (nSPS) is 16.8. The number of fused-ring (bicyclic) bond motifs is 1. The Morgan fingerprint density at radius 3 is 2.43 bits per heavy atom. The van der Waals surface area contributed by atoms with E-state index in [0.29, 0.717) is 21.2 Å². The maximum atomic E-state index is 13.3. The van der Waals surface area contributed by atoms with Gasteiger partial charge in [0.2, 0.25) is 0 Å². The van der Waals surface area contributed by atoms with Gasteiger partial charge in [-0.05, 0) is 59.8 Å². The van der Waals surface area contributed by atoms with Gasteiger partial charge in [-0.25, -0.2) is 9.79 Å². The SMILES string of the molecule is O=C1C(=Cc2ccc3[nH]c(=O)oc3c2)SC(=Nc2ccccc2)N1c1ccccc1. The van der Waals surface area contributed by atoms with E-state index in [4.69, 9.17) is 9.41 Å². The molecule has 0 radical (unpaired) electrons. The van der Waals surface area contributed by atoms with Gasteiger partial charge < -0.3 is 4.42 Å². The lowest BCUT2D eigenvalue weighted by Crippen LogP contribution is -2.28. The van der Waals surface area contributed by atoms with Crippen molar-refractivity contribution in [1.82, 2.24) is 4.98 Å². The highest BCUT2D eigenvalue weighted by Crippen LogP contribution is 2.37. The number of aromatic nitrogens is 1. The van der Waals surface area contributed by atoms with Crippen molar-refractivity contribution in [3.8, 4) is 0 Å². The maximum absolute atomic E-state index is 13.3. The summed E-state index contributed by atoms with van der Waals surface area (Å²) >= 11 is 1.31. The second kappa shape index (κ2) is 7.53. The summed E-state index contributed by atoms with van der Waals surface area (Å²) in [7, 11) is 0. The van der Waals surface area contributed by atoms with Gasteiger partial charge in [0.05, 0.1) is 21.8 Å². The molecule has 0 unspecified atom stereocenters. The Bertz CT molecular complexity index is 1350. The number of amides is 1. The van der Waals surface area contributed by atoms with Crippen molar-refractivity contribution in [2.24, 2.45) is 4.99 Å². The fourth-order valence-electron chi connectivity index (χ4n) is 3.17. The molecule has 1 fully saturated rings. The molecular formula is C23H15N3O3S. The van der Waals surface area contributed by atoms with Gasteiger partial charge in [-0.3, -0.25) is 14.7 Å². The first-order chi connectivity index (χ1) is 14.7. The summed E-state index contributed by atoms with van der Waals surface area (Å²) in [5, 5.41) is 0.581. The van der Waals surface area contributed by atoms with Gasteiger partial charge in [0, 0.05) is 0 Å². The van der Waals surface area contributed by atoms with Crippen LogP contribution >= 0.6 is 11.8 Å². The molecule has 1 amide bonds. The molecule has 0 spiro atoms. The molecule has 4 aromatic rings. The van der Waals surface area contributed by atoms with Crippen LogP contribution < -0.4 is 10.7 Å². The Kier molecular flexibility index (Phi) is 4.57. The Morgan fingerprint density at radius 2 is 1.67 bits per heavy atom. The van der Waals surface area contributed by atoms with Crippen LogP contribution in [-0.2, 0) is 4.79 Å². The number of H-pyrrole nitrogens is 1. The number of aliphatic imine (C=N–C) groups is 1. The number of para-hydroxylation sites is 2. The van der Waals surface area contributed by atoms with Gasteiger partial charge in [-0.2, -0.15) is 0 Å². The van der Waals surface area contributed by atoms with E-state index in [1.807, 2.05) is 66.7 Å². The van der Waals surface area contributed by atoms with Crippen LogP contribution in [0.2, 0.25) is 0 Å². The summed E-state index contributed by atoms with van der Waals surface area (Å²) in [5.41, 5.74) is 3.34. The quantitative estimate of drug-likeness (QED) is 0.483. The largest absolute Gasteiger partial charge is 0.417 e. The molecule has 1 aromatic heterocycles. The fraction of sp³-hybridized carbons (Fsp3) is 0. The van der Waals surface area contributed by atoms with Gasteiger partial charge in [-0.15, -0.1) is 0 Å². The standard InChI is InChI=1S/C23H15N3O3S/c27-21-20(14-15-11-12-18-19(13-15)29-23(28)25-18)30-22(24-16-7-3-1-4-8-16)26(21)17-9-5-2-6-10-17/h1-14H,(H,25,28). The number of anilines is 1. The zero-order valence-corrected chi connectivity index (χ0v) is 16.4. The zero-order valence-electron chi connectivity index (χ0n) is 15.6. The van der Waals surface area contributed by atoms with E-state index in [2.05, 4.69) is 4.98 Å². The summed E-state index contributed by atoms with van der Waals surface area (Å²) in [6.07, 6.45) is 1.78. The molecule has 1 aliphatic heterocycles. The number of hydrogen-bond donors (Lipinski definition) is 1. The van der Waals surface area contributed by atoms with Crippen molar-refractivity contribution in [3.63, 3.8) is 0 Å². The molecule has 30 heavy (non-hydrogen) atoms. The minimum atomic E-state index is -0.506. The molecule has 1 saturated heterocycles. The Balaban J connectivity index is 1.57. The number of nitrogens with one attached hydrogen (secondary N) is 1. The molecule has 3 aromatic carbocycles. The van der Waals surface area contributed by atoms with Crippen molar-refractivity contribution in [2.75, 3.05) is 4.90 Å². The molecular weight excluding hydrogens is 398 g/mol. The summed E-state index contributed by atoms with van der Waals surface area (Å²) in [6.45, 7) is 0. The number of carbonyl (C=O) groups is 1. The van der Waals surface area contributed by atoms with E-state index < -0.39 is 5.76 Å². The number of oxazole rings is 1. The number of benzene rings is 3. The average molecular weight is 413 g/mol. The van der Waals surface area contributed by atoms with Crippen molar-refractivity contribution < 1.29 is 9.21 Å². The van der Waals surface area contributed by atoms with E-state index in [0.717, 1.165) is 16.9 Å². The number of amidine groups is 1. The predicted octanol–water partition coefficient (Wildman–Crippen LogP) is 4.93. The maximum Gasteiger partial charge on any atom is 0.417 e. The van der Waals surface area contributed by atoms with Crippen LogP contribution in [0.15, 0.2) is 98.0 Å². The van der Waals surface area contributed by atoms with Crippen molar-refractivity contribution in [1.29, 1.82) is 0 Å². The molecule has 0 atom stereocenters. The Labute approximate surface area is 175 Å². The lowest BCUT2D eigenvalue weighted by molar-refractivity contribution is -0.113. The minimum absolute atomic E-state index is 0.156. The van der Waals surface area contributed by atoms with Crippen LogP contribution in [0.3, 0.4) is 0 Å². The fourth-order valence-corrected chi connectivity index (χ4v) is 4.17. The third kappa shape index (κ3) is 3.46. The van der Waals surface area contributed by atoms with Crippen LogP contribution in [-0.4, -0.2) is 16.1 Å². The molecule has 6 nitrogen and oxygen atoms in total. The van der Waals surface area contributed by atoms with Crippen LogP contribution in [0.25, 0.3) is 17.2 Å². The molecule has 146 valence electrons. The van der Waals surface area contributed by atoms with Crippen molar-refractivity contribution in [2.45, 2.75) is 0 Å². The average Bonchev–Trinajstić information content (AvgIpc) is 3.27. The van der Waals surface area contributed by atoms with Gasteiger partial charge in [0.1, 0.15) is 0 Å². The Morgan fingerprint density at radius 1 is 0.933 bits per heavy atom. The number of hydrogen-bond acceptors (Lipinski definition) is 5. The zero-order chi connectivity index (χ0) is 20.5. The molecule has 7 heteroatoms. The van der Waals surface area contributed by atoms with Crippen molar-refractivity contribution >= 4 is 51.4 Å². The summed E-state index contributed by atoms with van der Waals surface area (Å²) in [6, 6.07) is 24.3. The van der Waals surface area contributed by atoms with Gasteiger partial charge in [-0.1, -0.05) is 42.5 Å². The number of carbonyl (C=O) groups excluding carboxylic acids is 1. The Hall–Kier alpha value is -3.84. The number of nitrogens with zero attached hydrogens (tertiary/aromatic N) is 2. The van der Waals surface area contributed by atoms with E-state index in [9.17, 15) is 9.59 Å². The minimum Gasteiger partial charge on any atom is -0.408 e. The number of thioether (sulfide) groups is 1. The van der Waals surface area contributed by atoms with E-state index in [1.54, 1.807) is 23.1 Å². The summed E-state index contributed by atoms with van der Waals surface area (Å²) in [5.74, 6) is -0.662. The molecule has 5 rings (SSSR count).